The molecule has 3 nitrogen and oxygen atoms in total. The molecule has 2 N–H and O–H groups in total. The Bertz CT molecular complexity index is 344. The third-order valence-corrected chi connectivity index (χ3v) is 2.17. The fourth-order valence-corrected chi connectivity index (χ4v) is 1.15. The number of aliphatic hydroxyl groups is 1. The zero-order valence-corrected chi connectivity index (χ0v) is 8.97. The Labute approximate surface area is 89.6 Å². The number of aromatic hydroxyl groups is 1. The van der Waals surface area contributed by atoms with Gasteiger partial charge in [-0.25, -0.2) is 0 Å². The Morgan fingerprint density at radius 3 is 2.73 bits per heavy atom. The number of hydrogen-bond donors (Lipinski definition) is 2. The van der Waals surface area contributed by atoms with Crippen molar-refractivity contribution in [1.29, 1.82) is 0 Å². The van der Waals surface area contributed by atoms with Crippen LogP contribution in [0, 0.1) is 0 Å². The molecule has 1 atom stereocenters. The number of phenols is 1. The summed E-state index contributed by atoms with van der Waals surface area (Å²) in [5.74, 6) is 0.844. The lowest BCUT2D eigenvalue weighted by Gasteiger charge is -2.13. The molecule has 0 aliphatic heterocycles. The molecule has 0 aliphatic rings. The van der Waals surface area contributed by atoms with E-state index in [9.17, 15) is 10.2 Å². The lowest BCUT2D eigenvalue weighted by atomic mass is 10.1. The SMILES string of the molecule is CC=C(C)OCC(O)c1ccccc1O. The first-order valence-corrected chi connectivity index (χ1v) is 4.86. The number of para-hydroxylation sites is 1. The summed E-state index contributed by atoms with van der Waals surface area (Å²) in [6.07, 6.45) is 1.01. The molecular formula is C12H16O3. The van der Waals surface area contributed by atoms with E-state index in [-0.39, 0.29) is 12.4 Å². The van der Waals surface area contributed by atoms with E-state index in [1.807, 2.05) is 19.9 Å². The van der Waals surface area contributed by atoms with Gasteiger partial charge in [0.1, 0.15) is 18.5 Å². The highest BCUT2D eigenvalue weighted by Gasteiger charge is 2.11. The van der Waals surface area contributed by atoms with E-state index in [0.717, 1.165) is 5.76 Å². The summed E-state index contributed by atoms with van der Waals surface area (Å²) < 4.78 is 5.26. The number of allylic oxidation sites excluding steroid dienone is 2. The normalized spacial score (nSPS) is 13.7. The van der Waals surface area contributed by atoms with Crippen molar-refractivity contribution in [3.63, 3.8) is 0 Å². The summed E-state index contributed by atoms with van der Waals surface area (Å²) in [5.41, 5.74) is 0.487. The predicted octanol–water partition coefficient (Wildman–Crippen LogP) is 2.37. The van der Waals surface area contributed by atoms with Gasteiger partial charge in [-0.2, -0.15) is 0 Å². The van der Waals surface area contributed by atoms with Crippen molar-refractivity contribution in [2.24, 2.45) is 0 Å². The van der Waals surface area contributed by atoms with Gasteiger partial charge in [-0.3, -0.25) is 0 Å². The molecule has 3 heteroatoms. The molecule has 0 bridgehead atoms. The molecular weight excluding hydrogens is 192 g/mol. The van der Waals surface area contributed by atoms with E-state index in [0.29, 0.717) is 5.56 Å². The Hall–Kier alpha value is -1.48. The maximum atomic E-state index is 9.73. The first kappa shape index (κ1) is 11.6. The molecule has 0 amide bonds. The van der Waals surface area contributed by atoms with E-state index in [1.165, 1.54) is 0 Å². The van der Waals surface area contributed by atoms with E-state index in [2.05, 4.69) is 0 Å². The molecule has 0 radical (unpaired) electrons. The number of phenolic OH excluding ortho intramolecular Hbond substituents is 1. The summed E-state index contributed by atoms with van der Waals surface area (Å²) in [4.78, 5) is 0. The van der Waals surface area contributed by atoms with Gasteiger partial charge in [-0.1, -0.05) is 24.3 Å². The zero-order chi connectivity index (χ0) is 11.3. The molecule has 0 aliphatic carbocycles. The van der Waals surface area contributed by atoms with Crippen LogP contribution in [0.1, 0.15) is 25.5 Å². The van der Waals surface area contributed by atoms with Gasteiger partial charge in [0.05, 0.1) is 5.76 Å². The number of hydrogen-bond acceptors (Lipinski definition) is 3. The average molecular weight is 208 g/mol. The molecule has 0 heterocycles. The van der Waals surface area contributed by atoms with E-state index >= 15 is 0 Å². The average Bonchev–Trinajstić information content (AvgIpc) is 2.26. The summed E-state index contributed by atoms with van der Waals surface area (Å²) in [6, 6.07) is 6.69. The summed E-state index contributed by atoms with van der Waals surface area (Å²) in [6.45, 7) is 3.83. The molecule has 0 spiro atoms. The second-order valence-electron chi connectivity index (χ2n) is 3.28. The van der Waals surface area contributed by atoms with Gasteiger partial charge in [-0.05, 0) is 19.9 Å². The quantitative estimate of drug-likeness (QED) is 0.747. The predicted molar refractivity (Wildman–Crippen MR) is 58.4 cm³/mol. The highest BCUT2D eigenvalue weighted by molar-refractivity contribution is 5.33. The van der Waals surface area contributed by atoms with E-state index < -0.39 is 6.10 Å². The van der Waals surface area contributed by atoms with Gasteiger partial charge in [0.2, 0.25) is 0 Å². The van der Waals surface area contributed by atoms with Crippen LogP contribution in [0.2, 0.25) is 0 Å². The fraction of sp³-hybridized carbons (Fsp3) is 0.333. The minimum absolute atomic E-state index is 0.0896. The van der Waals surface area contributed by atoms with E-state index in [4.69, 9.17) is 4.74 Å². The van der Waals surface area contributed by atoms with Crippen LogP contribution in [0.4, 0.5) is 0 Å². The number of benzene rings is 1. The van der Waals surface area contributed by atoms with Crippen LogP contribution in [-0.4, -0.2) is 16.8 Å². The molecule has 0 saturated carbocycles. The molecule has 0 saturated heterocycles. The van der Waals surface area contributed by atoms with Crippen LogP contribution >= 0.6 is 0 Å². The number of ether oxygens (including phenoxy) is 1. The van der Waals surface area contributed by atoms with Crippen molar-refractivity contribution in [3.8, 4) is 5.75 Å². The van der Waals surface area contributed by atoms with Crippen LogP contribution < -0.4 is 0 Å². The molecule has 0 fully saturated rings. The maximum Gasteiger partial charge on any atom is 0.121 e. The second-order valence-corrected chi connectivity index (χ2v) is 3.28. The van der Waals surface area contributed by atoms with Crippen molar-refractivity contribution in [2.75, 3.05) is 6.61 Å². The Balaban J connectivity index is 2.61. The largest absolute Gasteiger partial charge is 0.508 e. The smallest absolute Gasteiger partial charge is 0.121 e. The first-order valence-electron chi connectivity index (χ1n) is 4.86. The van der Waals surface area contributed by atoms with Crippen LogP contribution in [-0.2, 0) is 4.74 Å². The van der Waals surface area contributed by atoms with Crippen LogP contribution in [0.3, 0.4) is 0 Å². The maximum absolute atomic E-state index is 9.73. The minimum Gasteiger partial charge on any atom is -0.508 e. The van der Waals surface area contributed by atoms with Gasteiger partial charge in [-0.15, -0.1) is 0 Å². The molecule has 1 unspecified atom stereocenters. The lowest BCUT2D eigenvalue weighted by molar-refractivity contribution is 0.0701. The van der Waals surface area contributed by atoms with Crippen molar-refractivity contribution < 1.29 is 14.9 Å². The van der Waals surface area contributed by atoms with E-state index in [1.54, 1.807) is 24.3 Å². The topological polar surface area (TPSA) is 49.7 Å². The van der Waals surface area contributed by atoms with Crippen molar-refractivity contribution in [3.05, 3.63) is 41.7 Å². The third-order valence-electron chi connectivity index (χ3n) is 2.17. The van der Waals surface area contributed by atoms with Gasteiger partial charge >= 0.3 is 0 Å². The number of aliphatic hydroxyl groups excluding tert-OH is 1. The highest BCUT2D eigenvalue weighted by Crippen LogP contribution is 2.23. The molecule has 15 heavy (non-hydrogen) atoms. The standard InChI is InChI=1S/C12H16O3/c1-3-9(2)15-8-12(14)10-6-4-5-7-11(10)13/h3-7,12-14H,8H2,1-2H3. The van der Waals surface area contributed by atoms with Crippen LogP contribution in [0.5, 0.6) is 5.75 Å². The van der Waals surface area contributed by atoms with Gasteiger partial charge < -0.3 is 14.9 Å². The highest BCUT2D eigenvalue weighted by atomic mass is 16.5. The Kier molecular flexibility index (Phi) is 4.18. The molecule has 1 aromatic rings. The zero-order valence-electron chi connectivity index (χ0n) is 8.97. The summed E-state index contributed by atoms with van der Waals surface area (Å²) >= 11 is 0. The monoisotopic (exact) mass is 208 g/mol. The molecule has 1 aromatic carbocycles. The molecule has 1 rings (SSSR count). The van der Waals surface area contributed by atoms with Gasteiger partial charge in [0.15, 0.2) is 0 Å². The fourth-order valence-electron chi connectivity index (χ4n) is 1.15. The Morgan fingerprint density at radius 1 is 1.47 bits per heavy atom. The van der Waals surface area contributed by atoms with Crippen LogP contribution in [0.25, 0.3) is 0 Å². The van der Waals surface area contributed by atoms with Gasteiger partial charge in [0, 0.05) is 5.56 Å². The van der Waals surface area contributed by atoms with Crippen molar-refractivity contribution in [2.45, 2.75) is 20.0 Å². The minimum atomic E-state index is -0.805. The van der Waals surface area contributed by atoms with Crippen LogP contribution in [0.15, 0.2) is 36.1 Å². The van der Waals surface area contributed by atoms with Gasteiger partial charge in [0.25, 0.3) is 0 Å². The summed E-state index contributed by atoms with van der Waals surface area (Å²) in [7, 11) is 0. The summed E-state index contributed by atoms with van der Waals surface area (Å²) in [5, 5.41) is 19.2. The number of rotatable bonds is 4. The van der Waals surface area contributed by atoms with Crippen molar-refractivity contribution >= 4 is 0 Å². The van der Waals surface area contributed by atoms with Crippen molar-refractivity contribution in [1.82, 2.24) is 0 Å². The Morgan fingerprint density at radius 2 is 2.13 bits per heavy atom. The third kappa shape index (κ3) is 3.29. The molecule has 0 aromatic heterocycles. The molecule has 82 valence electrons. The lowest BCUT2D eigenvalue weighted by Crippen LogP contribution is -2.06. The first-order chi connectivity index (χ1) is 7.15. The second kappa shape index (κ2) is 5.41.